The number of carbonyl (C=O) groups is 2. The number of carbonyl (C=O) groups excluding carboxylic acids is 2. The molecule has 2 amide bonds. The second-order valence-electron chi connectivity index (χ2n) is 5.83. The molecule has 2 heterocycles. The summed E-state index contributed by atoms with van der Waals surface area (Å²) in [7, 11) is 1.47. The number of aliphatic hydroxyl groups excluding tert-OH is 1. The molecule has 0 bridgehead atoms. The summed E-state index contributed by atoms with van der Waals surface area (Å²) >= 11 is 0. The van der Waals surface area contributed by atoms with Crippen molar-refractivity contribution in [1.82, 2.24) is 15.8 Å². The van der Waals surface area contributed by atoms with Crippen molar-refractivity contribution in [2.24, 2.45) is 4.99 Å². The van der Waals surface area contributed by atoms with E-state index >= 15 is 0 Å². The molecule has 0 atom stereocenters. The molecule has 9 nitrogen and oxygen atoms in total. The Morgan fingerprint density at radius 2 is 2.22 bits per heavy atom. The Morgan fingerprint density at radius 3 is 3.00 bits per heavy atom. The summed E-state index contributed by atoms with van der Waals surface area (Å²) in [6, 6.07) is 4.78. The summed E-state index contributed by atoms with van der Waals surface area (Å²) in [5.41, 5.74) is 4.41. The molecule has 0 aliphatic carbocycles. The molecule has 2 aliphatic rings. The van der Waals surface area contributed by atoms with Crippen molar-refractivity contribution in [2.75, 3.05) is 32.1 Å². The van der Waals surface area contributed by atoms with E-state index in [1.54, 1.807) is 41.7 Å². The van der Waals surface area contributed by atoms with Crippen LogP contribution < -0.4 is 20.8 Å². The third-order valence-corrected chi connectivity index (χ3v) is 4.05. The summed E-state index contributed by atoms with van der Waals surface area (Å²) in [6.07, 6.45) is 5.66. The summed E-state index contributed by atoms with van der Waals surface area (Å²) < 4.78 is 5.31. The molecule has 0 aromatic heterocycles. The molecule has 3 rings (SSSR count). The van der Waals surface area contributed by atoms with E-state index in [1.807, 2.05) is 0 Å². The van der Waals surface area contributed by atoms with E-state index in [2.05, 4.69) is 21.1 Å². The van der Waals surface area contributed by atoms with Crippen LogP contribution in [-0.2, 0) is 4.79 Å². The molecule has 9 heteroatoms. The summed E-state index contributed by atoms with van der Waals surface area (Å²) in [6.45, 7) is 0.751. The summed E-state index contributed by atoms with van der Waals surface area (Å²) in [5.74, 6) is 0.349. The Bertz CT molecular complexity index is 831. The van der Waals surface area contributed by atoms with Gasteiger partial charge in [0.2, 0.25) is 0 Å². The number of hydrogen-bond acceptors (Lipinski definition) is 7. The van der Waals surface area contributed by atoms with Gasteiger partial charge in [0.05, 0.1) is 18.4 Å². The second kappa shape index (κ2) is 8.47. The zero-order valence-electron chi connectivity index (χ0n) is 14.9. The molecule has 0 spiro atoms. The van der Waals surface area contributed by atoms with Crippen molar-refractivity contribution in [3.8, 4) is 5.75 Å². The van der Waals surface area contributed by atoms with E-state index in [0.717, 1.165) is 0 Å². The number of benzene rings is 1. The summed E-state index contributed by atoms with van der Waals surface area (Å²) in [5, 5.41) is 16.0. The molecular formula is C18H21N5O4. The molecule has 1 aromatic carbocycles. The van der Waals surface area contributed by atoms with Crippen LogP contribution in [0.5, 0.6) is 5.75 Å². The van der Waals surface area contributed by atoms with Crippen molar-refractivity contribution < 1.29 is 19.4 Å². The average molecular weight is 371 g/mol. The van der Waals surface area contributed by atoms with Gasteiger partial charge in [-0.15, -0.1) is 0 Å². The van der Waals surface area contributed by atoms with Crippen LogP contribution in [0.25, 0.3) is 0 Å². The van der Waals surface area contributed by atoms with Crippen LogP contribution in [0.3, 0.4) is 0 Å². The number of hydrogen-bond donors (Lipinski definition) is 4. The lowest BCUT2D eigenvalue weighted by molar-refractivity contribution is -0.112. The Hall–Kier alpha value is -3.17. The fourth-order valence-corrected chi connectivity index (χ4v) is 2.66. The van der Waals surface area contributed by atoms with Gasteiger partial charge in [0.1, 0.15) is 5.75 Å². The number of hydrazine groups is 1. The molecule has 142 valence electrons. The first kappa shape index (κ1) is 18.6. The maximum absolute atomic E-state index is 12.6. The maximum atomic E-state index is 12.6. The quantitative estimate of drug-likeness (QED) is 0.515. The highest BCUT2D eigenvalue weighted by atomic mass is 16.5. The number of nitrogens with one attached hydrogen (secondary N) is 3. The van der Waals surface area contributed by atoms with Crippen molar-refractivity contribution in [1.29, 1.82) is 0 Å². The van der Waals surface area contributed by atoms with Gasteiger partial charge in [0.25, 0.3) is 11.8 Å². The minimum absolute atomic E-state index is 0.0124. The lowest BCUT2D eigenvalue weighted by Gasteiger charge is -2.16. The van der Waals surface area contributed by atoms with Crippen LogP contribution in [0.4, 0.5) is 5.69 Å². The highest BCUT2D eigenvalue weighted by Gasteiger charge is 2.27. The zero-order valence-corrected chi connectivity index (χ0v) is 14.9. The van der Waals surface area contributed by atoms with Gasteiger partial charge in [-0.3, -0.25) is 14.6 Å². The van der Waals surface area contributed by atoms with Crippen molar-refractivity contribution in [3.63, 3.8) is 0 Å². The molecule has 0 fully saturated rings. The van der Waals surface area contributed by atoms with Gasteiger partial charge in [-0.1, -0.05) is 0 Å². The smallest absolute Gasteiger partial charge is 0.256 e. The fraction of sp³-hybridized carbons (Fsp3) is 0.278. The molecule has 0 radical (unpaired) electrons. The van der Waals surface area contributed by atoms with E-state index in [1.165, 1.54) is 7.11 Å². The number of nitrogens with zero attached hydrogens (tertiary/aromatic N) is 2. The number of amides is 2. The van der Waals surface area contributed by atoms with Gasteiger partial charge < -0.3 is 20.5 Å². The number of rotatable bonds is 7. The number of methoxy groups -OCH3 is 1. The van der Waals surface area contributed by atoms with Crippen molar-refractivity contribution in [2.45, 2.75) is 6.42 Å². The number of allylic oxidation sites excluding steroid dienone is 1. The Balaban J connectivity index is 1.73. The van der Waals surface area contributed by atoms with Crippen molar-refractivity contribution >= 4 is 23.7 Å². The third-order valence-electron chi connectivity index (χ3n) is 4.05. The molecule has 1 aromatic rings. The van der Waals surface area contributed by atoms with Gasteiger partial charge in [0.15, 0.2) is 5.82 Å². The van der Waals surface area contributed by atoms with E-state index in [-0.39, 0.29) is 18.4 Å². The first-order chi connectivity index (χ1) is 13.1. The highest BCUT2D eigenvalue weighted by molar-refractivity contribution is 6.06. The summed E-state index contributed by atoms with van der Waals surface area (Å²) in [4.78, 5) is 29.0. The lowest BCUT2D eigenvalue weighted by Crippen LogP contribution is -2.27. The Kier molecular flexibility index (Phi) is 5.84. The first-order valence-corrected chi connectivity index (χ1v) is 8.49. The Morgan fingerprint density at radius 1 is 1.37 bits per heavy atom. The minimum atomic E-state index is -0.300. The molecule has 4 N–H and O–H groups in total. The molecular weight excluding hydrogens is 350 g/mol. The van der Waals surface area contributed by atoms with Crippen LogP contribution >= 0.6 is 0 Å². The van der Waals surface area contributed by atoms with Crippen LogP contribution in [0.1, 0.15) is 16.8 Å². The lowest BCUT2D eigenvalue weighted by atomic mass is 10.1. The number of aliphatic imine (C=N–C) groups is 1. The normalized spacial score (nSPS) is 15.0. The number of ether oxygens (including phenoxy) is 1. The van der Waals surface area contributed by atoms with Gasteiger partial charge in [-0.05, 0) is 30.7 Å². The minimum Gasteiger partial charge on any atom is -0.495 e. The van der Waals surface area contributed by atoms with E-state index in [0.29, 0.717) is 47.9 Å². The maximum Gasteiger partial charge on any atom is 0.256 e. The van der Waals surface area contributed by atoms with E-state index < -0.39 is 0 Å². The van der Waals surface area contributed by atoms with Gasteiger partial charge >= 0.3 is 0 Å². The van der Waals surface area contributed by atoms with Gasteiger partial charge in [-0.2, -0.15) is 0 Å². The van der Waals surface area contributed by atoms with Crippen LogP contribution in [0.2, 0.25) is 0 Å². The largest absolute Gasteiger partial charge is 0.495 e. The van der Waals surface area contributed by atoms with E-state index in [4.69, 9.17) is 9.84 Å². The monoisotopic (exact) mass is 371 g/mol. The molecule has 0 saturated heterocycles. The number of fused-ring (bicyclic) bond motifs is 1. The molecule has 0 saturated carbocycles. The second-order valence-corrected chi connectivity index (χ2v) is 5.83. The highest BCUT2D eigenvalue weighted by Crippen LogP contribution is 2.27. The predicted molar refractivity (Wildman–Crippen MR) is 100 cm³/mol. The van der Waals surface area contributed by atoms with E-state index in [9.17, 15) is 9.59 Å². The standard InChI is InChI=1S/C18H21N5O4/c1-27-15-10-12(17(25)20-7-3-9-24)4-5-14(15)22-18(26)13-11-21-23-8-2-6-19-16(13)23/h2,4-6,8,10,21,24H,3,7,9,11H2,1H3,(H,20,25)(H,22,26). The number of anilines is 1. The number of aliphatic hydroxyl groups is 1. The Labute approximate surface area is 156 Å². The van der Waals surface area contributed by atoms with Gasteiger partial charge in [-0.25, -0.2) is 10.4 Å². The zero-order chi connectivity index (χ0) is 19.2. The van der Waals surface area contributed by atoms with Crippen LogP contribution in [0.15, 0.2) is 46.9 Å². The van der Waals surface area contributed by atoms with Crippen molar-refractivity contribution in [3.05, 3.63) is 47.4 Å². The fourth-order valence-electron chi connectivity index (χ4n) is 2.66. The SMILES string of the molecule is COc1cc(C(=O)NCCCO)ccc1NC(=O)C1=C2N=CC=CN2NC1. The van der Waals surface area contributed by atoms with Crippen LogP contribution in [-0.4, -0.2) is 55.0 Å². The molecule has 2 aliphatic heterocycles. The predicted octanol–water partition coefficient (Wildman–Crippen LogP) is 0.376. The molecule has 0 unspecified atom stereocenters. The third kappa shape index (κ3) is 4.15. The van der Waals surface area contributed by atoms with Gasteiger partial charge in [0, 0.05) is 37.7 Å². The first-order valence-electron chi connectivity index (χ1n) is 8.49. The topological polar surface area (TPSA) is 115 Å². The van der Waals surface area contributed by atoms with Crippen LogP contribution in [0, 0.1) is 0 Å². The average Bonchev–Trinajstić information content (AvgIpc) is 3.12. The molecule has 27 heavy (non-hydrogen) atoms.